The lowest BCUT2D eigenvalue weighted by molar-refractivity contribution is -0.466. The van der Waals surface area contributed by atoms with Crippen LogP contribution in [0.5, 0.6) is 0 Å². The third kappa shape index (κ3) is 2.21. The number of halogens is 1. The SMILES string of the molecule is C[NH+]=c1c(C)cc2[nH]c3ccc(N(C)C)c(Cl)c3sc=2c1=O. The summed E-state index contributed by atoms with van der Waals surface area (Å²) < 4.78 is 1.57. The van der Waals surface area contributed by atoms with E-state index in [0.717, 1.165) is 26.8 Å². The van der Waals surface area contributed by atoms with Crippen LogP contribution < -0.4 is 20.7 Å². The zero-order chi connectivity index (χ0) is 16.0. The predicted octanol–water partition coefficient (Wildman–Crippen LogP) is 0.953. The molecule has 0 unspecified atom stereocenters. The van der Waals surface area contributed by atoms with Gasteiger partial charge in [0.05, 0.1) is 26.3 Å². The lowest BCUT2D eigenvalue weighted by atomic mass is 10.2. The van der Waals surface area contributed by atoms with Crippen molar-refractivity contribution >= 4 is 38.8 Å². The van der Waals surface area contributed by atoms with Crippen LogP contribution in [0.1, 0.15) is 5.56 Å². The lowest BCUT2D eigenvalue weighted by Crippen LogP contribution is -2.76. The van der Waals surface area contributed by atoms with Gasteiger partial charge in [0.15, 0.2) is 0 Å². The largest absolute Gasteiger partial charge is 0.376 e. The van der Waals surface area contributed by atoms with Crippen molar-refractivity contribution in [3.05, 3.63) is 54.2 Å². The van der Waals surface area contributed by atoms with Gasteiger partial charge in [0.2, 0.25) is 5.36 Å². The van der Waals surface area contributed by atoms with E-state index in [1.165, 1.54) is 11.3 Å². The van der Waals surface area contributed by atoms with Crippen molar-refractivity contribution in [2.75, 3.05) is 26.0 Å². The van der Waals surface area contributed by atoms with Crippen molar-refractivity contribution in [2.24, 2.45) is 0 Å². The molecule has 0 fully saturated rings. The third-order valence-electron chi connectivity index (χ3n) is 3.72. The summed E-state index contributed by atoms with van der Waals surface area (Å²) in [6.45, 7) is 1.93. The molecule has 1 aliphatic heterocycles. The summed E-state index contributed by atoms with van der Waals surface area (Å²) in [5.41, 5.74) is 2.81. The van der Waals surface area contributed by atoms with Gasteiger partial charge < -0.3 is 9.88 Å². The van der Waals surface area contributed by atoms with E-state index >= 15 is 0 Å². The maximum absolute atomic E-state index is 12.6. The number of hydrogen-bond acceptors (Lipinski definition) is 3. The Kier molecular flexibility index (Phi) is 3.70. The first-order chi connectivity index (χ1) is 10.4. The Morgan fingerprint density at radius 1 is 1.32 bits per heavy atom. The summed E-state index contributed by atoms with van der Waals surface area (Å²) in [7, 11) is 5.66. The third-order valence-corrected chi connectivity index (χ3v) is 5.45. The number of aromatic nitrogens is 1. The molecule has 0 atom stereocenters. The Balaban J connectivity index is 2.56. The molecule has 114 valence electrons. The molecule has 0 saturated carbocycles. The van der Waals surface area contributed by atoms with Gasteiger partial charge in [-0.15, -0.1) is 11.3 Å². The number of fused-ring (bicyclic) bond motifs is 1. The number of nitrogens with one attached hydrogen (secondary N) is 2. The molecule has 0 radical (unpaired) electrons. The van der Waals surface area contributed by atoms with E-state index in [1.807, 2.05) is 44.1 Å². The number of aromatic amines is 1. The second kappa shape index (κ2) is 5.41. The smallest absolute Gasteiger partial charge is 0.268 e. The first kappa shape index (κ1) is 15.1. The number of aryl methyl sites for hydroxylation is 1. The molecule has 1 aromatic rings. The second-order valence-electron chi connectivity index (χ2n) is 5.42. The zero-order valence-corrected chi connectivity index (χ0v) is 14.4. The summed E-state index contributed by atoms with van der Waals surface area (Å²) in [5, 5.41) is 2.14. The highest BCUT2D eigenvalue weighted by atomic mass is 35.5. The fraction of sp³-hybridized carbons (Fsp3) is 0.250. The van der Waals surface area contributed by atoms with Crippen molar-refractivity contribution < 1.29 is 4.99 Å². The van der Waals surface area contributed by atoms with Crippen LogP contribution in [0.25, 0.3) is 10.2 Å². The number of benzene rings is 1. The van der Waals surface area contributed by atoms with Crippen LogP contribution in [-0.2, 0) is 0 Å². The molecule has 6 heteroatoms. The van der Waals surface area contributed by atoms with Gasteiger partial charge in [0.25, 0.3) is 5.43 Å². The van der Waals surface area contributed by atoms with E-state index in [-0.39, 0.29) is 5.43 Å². The van der Waals surface area contributed by atoms with Crippen LogP contribution in [0, 0.1) is 16.8 Å². The van der Waals surface area contributed by atoms with Crippen molar-refractivity contribution in [3.63, 3.8) is 0 Å². The van der Waals surface area contributed by atoms with Gasteiger partial charge in [-0.1, -0.05) is 11.6 Å². The summed E-state index contributed by atoms with van der Waals surface area (Å²) in [5.74, 6) is 0. The Bertz CT molecular complexity index is 1070. The molecule has 2 aliphatic rings. The van der Waals surface area contributed by atoms with E-state index in [0.29, 0.717) is 14.9 Å². The average Bonchev–Trinajstić information content (AvgIpc) is 2.46. The summed E-state index contributed by atoms with van der Waals surface area (Å²) in [4.78, 5) is 20.9. The summed E-state index contributed by atoms with van der Waals surface area (Å²) in [6, 6.07) is 5.97. The van der Waals surface area contributed by atoms with Crippen molar-refractivity contribution in [2.45, 2.75) is 6.92 Å². The van der Waals surface area contributed by atoms with Crippen LogP contribution in [-0.4, -0.2) is 26.1 Å². The van der Waals surface area contributed by atoms with Gasteiger partial charge >= 0.3 is 0 Å². The molecule has 0 bridgehead atoms. The first-order valence-electron chi connectivity index (χ1n) is 6.91. The minimum Gasteiger partial charge on any atom is -0.376 e. The highest BCUT2D eigenvalue weighted by Gasteiger charge is 2.12. The van der Waals surface area contributed by atoms with E-state index in [9.17, 15) is 4.79 Å². The van der Waals surface area contributed by atoms with Gasteiger partial charge in [0, 0.05) is 19.7 Å². The topological polar surface area (TPSA) is 50.1 Å². The van der Waals surface area contributed by atoms with E-state index in [1.54, 1.807) is 7.05 Å². The molecular weight excluding hydrogens is 318 g/mol. The molecule has 0 saturated heterocycles. The fourth-order valence-corrected chi connectivity index (χ4v) is 4.10. The van der Waals surface area contributed by atoms with Crippen LogP contribution in [0.3, 0.4) is 0 Å². The molecule has 0 amide bonds. The molecular formula is C16H17ClN3OS+. The summed E-state index contributed by atoms with van der Waals surface area (Å²) >= 11 is 7.96. The van der Waals surface area contributed by atoms with Crippen LogP contribution in [0.2, 0.25) is 5.02 Å². The highest BCUT2D eigenvalue weighted by Crippen LogP contribution is 2.34. The Morgan fingerprint density at radius 2 is 2.05 bits per heavy atom. The summed E-state index contributed by atoms with van der Waals surface area (Å²) in [6.07, 6.45) is 0. The molecule has 0 spiro atoms. The quantitative estimate of drug-likeness (QED) is 0.696. The van der Waals surface area contributed by atoms with Crippen LogP contribution in [0.15, 0.2) is 23.0 Å². The maximum Gasteiger partial charge on any atom is 0.268 e. The van der Waals surface area contributed by atoms with Gasteiger partial charge in [-0.2, -0.15) is 0 Å². The number of nitrogens with zero attached hydrogens (tertiary/aromatic N) is 1. The molecule has 3 rings (SSSR count). The monoisotopic (exact) mass is 334 g/mol. The number of anilines is 1. The van der Waals surface area contributed by atoms with E-state index in [2.05, 4.69) is 9.98 Å². The van der Waals surface area contributed by atoms with Crippen molar-refractivity contribution in [1.82, 2.24) is 4.98 Å². The molecule has 4 nitrogen and oxygen atoms in total. The number of rotatable bonds is 1. The van der Waals surface area contributed by atoms with Gasteiger partial charge in [-0.25, -0.2) is 4.99 Å². The van der Waals surface area contributed by atoms with Gasteiger partial charge in [0.1, 0.15) is 11.6 Å². The fourth-order valence-electron chi connectivity index (χ4n) is 2.61. The molecule has 0 aromatic heterocycles. The minimum atomic E-state index is 0.00646. The molecule has 1 aromatic carbocycles. The van der Waals surface area contributed by atoms with Crippen LogP contribution >= 0.6 is 22.9 Å². The Labute approximate surface area is 136 Å². The number of H-pyrrole nitrogens is 1. The van der Waals surface area contributed by atoms with Gasteiger partial charge in [-0.05, 0) is 25.1 Å². The second-order valence-corrected chi connectivity index (χ2v) is 6.82. The van der Waals surface area contributed by atoms with E-state index in [4.69, 9.17) is 11.6 Å². The standard InChI is InChI=1S/C16H16ClN3OS/c1-8-7-10-16(14(21)13(8)18-2)22-15-9(19-10)5-6-11(12(15)17)20(3)4/h5-7,19H,1-4H3/p+1. The van der Waals surface area contributed by atoms with Crippen molar-refractivity contribution in [3.8, 4) is 0 Å². The molecule has 2 N–H and O–H groups in total. The van der Waals surface area contributed by atoms with E-state index < -0.39 is 0 Å². The minimum absolute atomic E-state index is 0.00646. The zero-order valence-electron chi connectivity index (χ0n) is 12.9. The maximum atomic E-state index is 12.6. The number of hydrogen-bond donors (Lipinski definition) is 2. The normalized spacial score (nSPS) is 12.3. The molecule has 1 aliphatic carbocycles. The molecule has 22 heavy (non-hydrogen) atoms. The first-order valence-corrected chi connectivity index (χ1v) is 8.10. The van der Waals surface area contributed by atoms with Gasteiger partial charge in [-0.3, -0.25) is 4.79 Å². The highest BCUT2D eigenvalue weighted by molar-refractivity contribution is 7.17. The predicted molar refractivity (Wildman–Crippen MR) is 91.8 cm³/mol. The Hall–Kier alpha value is -1.85. The Morgan fingerprint density at radius 3 is 2.68 bits per heavy atom. The van der Waals surface area contributed by atoms with Crippen LogP contribution in [0.4, 0.5) is 5.69 Å². The average molecular weight is 335 g/mol. The lowest BCUT2D eigenvalue weighted by Gasteiger charge is -2.15. The van der Waals surface area contributed by atoms with Crippen molar-refractivity contribution in [1.29, 1.82) is 0 Å². The molecule has 1 heterocycles.